The number of hydrogen-bond acceptors (Lipinski definition) is 3. The summed E-state index contributed by atoms with van der Waals surface area (Å²) in [5.41, 5.74) is 1.24. The van der Waals surface area contributed by atoms with Crippen molar-refractivity contribution in [2.45, 2.75) is 60.3 Å². The van der Waals surface area contributed by atoms with Gasteiger partial charge in [0.1, 0.15) is 5.75 Å². The van der Waals surface area contributed by atoms with Crippen molar-refractivity contribution in [3.63, 3.8) is 0 Å². The predicted octanol–water partition coefficient (Wildman–Crippen LogP) is 6.66. The highest BCUT2D eigenvalue weighted by Crippen LogP contribution is 2.56. The quantitative estimate of drug-likeness (QED) is 0.433. The zero-order chi connectivity index (χ0) is 22.4. The Bertz CT molecular complexity index is 804. The maximum atomic E-state index is 13.8. The third-order valence-electron chi connectivity index (χ3n) is 6.10. The van der Waals surface area contributed by atoms with Gasteiger partial charge in [0.25, 0.3) is 0 Å². The fourth-order valence-electron chi connectivity index (χ4n) is 4.76. The number of para-hydroxylation sites is 1. The molecule has 0 aromatic heterocycles. The van der Waals surface area contributed by atoms with Crippen LogP contribution in [0.15, 0.2) is 54.6 Å². The third kappa shape index (κ3) is 5.06. The van der Waals surface area contributed by atoms with E-state index in [1.807, 2.05) is 31.2 Å². The van der Waals surface area contributed by atoms with Gasteiger partial charge in [0.15, 0.2) is 0 Å². The molecule has 2 aromatic rings. The highest BCUT2D eigenvalue weighted by atomic mass is 16.5. The second-order valence-electron chi connectivity index (χ2n) is 9.52. The molecule has 3 heteroatoms. The smallest absolute Gasteiger partial charge is 0.313 e. The summed E-state index contributed by atoms with van der Waals surface area (Å²) in [6, 6.07) is 18.5. The van der Waals surface area contributed by atoms with Crippen molar-refractivity contribution >= 4 is 5.97 Å². The van der Waals surface area contributed by atoms with Crippen LogP contribution >= 0.6 is 0 Å². The molecule has 0 aliphatic heterocycles. The van der Waals surface area contributed by atoms with E-state index in [0.717, 1.165) is 24.2 Å². The van der Waals surface area contributed by atoms with E-state index in [9.17, 15) is 4.79 Å². The minimum atomic E-state index is -0.707. The van der Waals surface area contributed by atoms with Gasteiger partial charge in [-0.05, 0) is 48.3 Å². The van der Waals surface area contributed by atoms with Crippen molar-refractivity contribution in [1.82, 2.24) is 0 Å². The second kappa shape index (κ2) is 10.1. The largest absolute Gasteiger partial charge is 0.496 e. The molecule has 0 aliphatic rings. The summed E-state index contributed by atoms with van der Waals surface area (Å²) in [6.45, 7) is 13.1. The van der Waals surface area contributed by atoms with Crippen molar-refractivity contribution in [3.8, 4) is 5.75 Å². The van der Waals surface area contributed by atoms with Gasteiger partial charge in [-0.3, -0.25) is 4.79 Å². The first-order valence-electron chi connectivity index (χ1n) is 11.0. The Morgan fingerprint density at radius 1 is 0.967 bits per heavy atom. The molecule has 2 rings (SSSR count). The first-order chi connectivity index (χ1) is 14.2. The lowest BCUT2D eigenvalue weighted by molar-refractivity contribution is -0.168. The van der Waals surface area contributed by atoms with Crippen LogP contribution in [0.3, 0.4) is 0 Å². The maximum absolute atomic E-state index is 13.8. The molecule has 0 aliphatic carbocycles. The average Bonchev–Trinajstić information content (AvgIpc) is 2.70. The summed E-state index contributed by atoms with van der Waals surface area (Å²) in [6.07, 6.45) is 1.48. The Balaban J connectivity index is 2.80. The van der Waals surface area contributed by atoms with Crippen molar-refractivity contribution in [2.24, 2.45) is 16.7 Å². The SMILES string of the molecule is CCOC(=O)C(CC(C)C)(C(Cc1ccccc1)c1ccccc1OC)C(C)(C)C. The normalized spacial score (nSPS) is 14.8. The van der Waals surface area contributed by atoms with E-state index in [1.165, 1.54) is 5.56 Å². The molecule has 0 amide bonds. The summed E-state index contributed by atoms with van der Waals surface area (Å²) in [4.78, 5) is 13.8. The zero-order valence-electron chi connectivity index (χ0n) is 19.7. The number of carbonyl (C=O) groups excluding carboxylic acids is 1. The molecule has 0 fully saturated rings. The van der Waals surface area contributed by atoms with Gasteiger partial charge in [-0.25, -0.2) is 0 Å². The van der Waals surface area contributed by atoms with Crippen LogP contribution in [0.5, 0.6) is 5.75 Å². The maximum Gasteiger partial charge on any atom is 0.313 e. The molecule has 164 valence electrons. The Kier molecular flexibility index (Phi) is 8.11. The lowest BCUT2D eigenvalue weighted by atomic mass is 9.54. The van der Waals surface area contributed by atoms with Crippen LogP contribution in [0.4, 0.5) is 0 Å². The Labute approximate surface area is 182 Å². The number of methoxy groups -OCH3 is 1. The lowest BCUT2D eigenvalue weighted by Crippen LogP contribution is -2.50. The van der Waals surface area contributed by atoms with Gasteiger partial charge >= 0.3 is 5.97 Å². The standard InChI is InChI=1S/C27H38O3/c1-8-30-25(28)27(19-20(2)3,26(4,5)6)23(18-21-14-10-9-11-15-21)22-16-12-13-17-24(22)29-7/h9-17,20,23H,8,18-19H2,1-7H3. The number of esters is 1. The van der Waals surface area contributed by atoms with Crippen LogP contribution in [0.2, 0.25) is 0 Å². The van der Waals surface area contributed by atoms with E-state index in [0.29, 0.717) is 12.5 Å². The van der Waals surface area contributed by atoms with Crippen LogP contribution in [-0.4, -0.2) is 19.7 Å². The van der Waals surface area contributed by atoms with Gasteiger partial charge in [0.2, 0.25) is 0 Å². The molecule has 0 radical (unpaired) electrons. The molecule has 2 aromatic carbocycles. The number of ether oxygens (including phenoxy) is 2. The number of hydrogen-bond donors (Lipinski definition) is 0. The fourth-order valence-corrected chi connectivity index (χ4v) is 4.76. The fraction of sp³-hybridized carbons (Fsp3) is 0.519. The predicted molar refractivity (Wildman–Crippen MR) is 124 cm³/mol. The monoisotopic (exact) mass is 410 g/mol. The van der Waals surface area contributed by atoms with E-state index >= 15 is 0 Å². The van der Waals surface area contributed by atoms with Gasteiger partial charge in [-0.1, -0.05) is 83.1 Å². The van der Waals surface area contributed by atoms with Crippen molar-refractivity contribution in [2.75, 3.05) is 13.7 Å². The van der Waals surface area contributed by atoms with E-state index in [4.69, 9.17) is 9.47 Å². The molecule has 0 N–H and O–H groups in total. The zero-order valence-corrected chi connectivity index (χ0v) is 19.7. The van der Waals surface area contributed by atoms with Crippen LogP contribution in [0.1, 0.15) is 65.0 Å². The molecule has 2 atom stereocenters. The van der Waals surface area contributed by atoms with Crippen molar-refractivity contribution < 1.29 is 14.3 Å². The van der Waals surface area contributed by atoms with Crippen LogP contribution < -0.4 is 4.74 Å². The van der Waals surface area contributed by atoms with Crippen LogP contribution in [0.25, 0.3) is 0 Å². The molecular formula is C27H38O3. The number of rotatable bonds is 9. The van der Waals surface area contributed by atoms with Crippen molar-refractivity contribution in [1.29, 1.82) is 0 Å². The summed E-state index contributed by atoms with van der Waals surface area (Å²) in [5.74, 6) is 0.956. The molecule has 30 heavy (non-hydrogen) atoms. The minimum Gasteiger partial charge on any atom is -0.496 e. The molecular weight excluding hydrogens is 372 g/mol. The van der Waals surface area contributed by atoms with Gasteiger partial charge < -0.3 is 9.47 Å². The van der Waals surface area contributed by atoms with Gasteiger partial charge in [0.05, 0.1) is 19.1 Å². The highest BCUT2D eigenvalue weighted by Gasteiger charge is 2.56. The first-order valence-corrected chi connectivity index (χ1v) is 11.0. The summed E-state index contributed by atoms with van der Waals surface area (Å²) in [7, 11) is 1.70. The average molecular weight is 411 g/mol. The van der Waals surface area contributed by atoms with Gasteiger partial charge in [-0.15, -0.1) is 0 Å². The minimum absolute atomic E-state index is 0.0856. The third-order valence-corrected chi connectivity index (χ3v) is 6.10. The summed E-state index contributed by atoms with van der Waals surface area (Å²) >= 11 is 0. The molecule has 0 heterocycles. The molecule has 0 spiro atoms. The van der Waals surface area contributed by atoms with Crippen LogP contribution in [0, 0.1) is 16.7 Å². The van der Waals surface area contributed by atoms with E-state index < -0.39 is 5.41 Å². The number of benzene rings is 2. The van der Waals surface area contributed by atoms with Crippen LogP contribution in [-0.2, 0) is 16.0 Å². The molecule has 0 saturated heterocycles. The molecule has 0 bridgehead atoms. The molecule has 2 unspecified atom stereocenters. The van der Waals surface area contributed by atoms with Crippen molar-refractivity contribution in [3.05, 3.63) is 65.7 Å². The lowest BCUT2D eigenvalue weighted by Gasteiger charge is -2.49. The van der Waals surface area contributed by atoms with E-state index in [-0.39, 0.29) is 17.3 Å². The Morgan fingerprint density at radius 2 is 1.57 bits per heavy atom. The Hall–Kier alpha value is -2.29. The molecule has 3 nitrogen and oxygen atoms in total. The number of carbonyl (C=O) groups is 1. The molecule has 0 saturated carbocycles. The van der Waals surface area contributed by atoms with E-state index in [1.54, 1.807) is 7.11 Å². The van der Waals surface area contributed by atoms with Gasteiger partial charge in [0, 0.05) is 5.92 Å². The highest BCUT2D eigenvalue weighted by molar-refractivity contribution is 5.80. The summed E-state index contributed by atoms with van der Waals surface area (Å²) < 4.78 is 11.5. The Morgan fingerprint density at radius 3 is 2.10 bits per heavy atom. The first kappa shape index (κ1) is 24.0. The summed E-state index contributed by atoms with van der Waals surface area (Å²) in [5, 5.41) is 0. The topological polar surface area (TPSA) is 35.5 Å². The second-order valence-corrected chi connectivity index (χ2v) is 9.52. The van der Waals surface area contributed by atoms with E-state index in [2.05, 4.69) is 65.0 Å². The van der Waals surface area contributed by atoms with Gasteiger partial charge in [-0.2, -0.15) is 0 Å².